The minimum Gasteiger partial charge on any atom is -0.756 e. The second-order valence-corrected chi connectivity index (χ2v) is 11.5. The average Bonchev–Trinajstić information content (AvgIpc) is 2.74. The topological polar surface area (TPSA) is 108 Å². The van der Waals surface area contributed by atoms with E-state index < -0.39 is 20.0 Å². The summed E-state index contributed by atoms with van der Waals surface area (Å²) < 4.78 is 22.6. The zero-order valence-electron chi connectivity index (χ0n) is 22.3. The number of unbranched alkanes of at least 4 members (excludes halogenated alkanes) is 9. The first kappa shape index (κ1) is 33.2. The van der Waals surface area contributed by atoms with Crippen molar-refractivity contribution in [2.45, 2.75) is 103 Å². The molecule has 0 fully saturated rings. The Bertz CT molecular complexity index is 594. The van der Waals surface area contributed by atoms with Crippen molar-refractivity contribution in [2.75, 3.05) is 40.9 Å². The van der Waals surface area contributed by atoms with Crippen LogP contribution < -0.4 is 10.2 Å². The molecule has 0 aliphatic carbocycles. The third-order valence-electron chi connectivity index (χ3n) is 5.48. The molecular weight excluding hydrogens is 455 g/mol. The van der Waals surface area contributed by atoms with Crippen molar-refractivity contribution >= 4 is 13.7 Å². The zero-order chi connectivity index (χ0) is 25.9. The third-order valence-corrected chi connectivity index (χ3v) is 6.44. The molecule has 0 spiro atoms. The quantitative estimate of drug-likeness (QED) is 0.0980. The second-order valence-electron chi connectivity index (χ2n) is 10.0. The van der Waals surface area contributed by atoms with E-state index in [1.165, 1.54) is 38.5 Å². The van der Waals surface area contributed by atoms with E-state index in [1.54, 1.807) is 6.08 Å². The van der Waals surface area contributed by atoms with Gasteiger partial charge in [0, 0.05) is 6.42 Å². The van der Waals surface area contributed by atoms with E-state index in [0.717, 1.165) is 32.1 Å². The highest BCUT2D eigenvalue weighted by Crippen LogP contribution is 2.38. The number of nitrogens with one attached hydrogen (secondary N) is 1. The minimum absolute atomic E-state index is 0.00113. The molecule has 0 aliphatic rings. The van der Waals surface area contributed by atoms with E-state index >= 15 is 0 Å². The SMILES string of the molecule is CCC/C=C/C(O)C(COP(=O)([O-])OCC[N+](C)(C)C)NC(=O)CCCCCCCCCCC. The van der Waals surface area contributed by atoms with Gasteiger partial charge in [0.1, 0.15) is 13.2 Å². The predicted octanol–water partition coefficient (Wildman–Crippen LogP) is 4.32. The Morgan fingerprint density at radius 1 is 1.00 bits per heavy atom. The van der Waals surface area contributed by atoms with E-state index in [2.05, 4.69) is 12.2 Å². The first-order valence-electron chi connectivity index (χ1n) is 13.1. The number of aliphatic hydroxyl groups excluding tert-OH is 1. The van der Waals surface area contributed by atoms with Crippen molar-refractivity contribution in [2.24, 2.45) is 0 Å². The van der Waals surface area contributed by atoms with E-state index in [9.17, 15) is 19.4 Å². The molecule has 0 bridgehead atoms. The maximum absolute atomic E-state index is 12.4. The Kier molecular flexibility index (Phi) is 19.0. The molecule has 8 nitrogen and oxygen atoms in total. The summed E-state index contributed by atoms with van der Waals surface area (Å²) in [6, 6.07) is -0.872. The Morgan fingerprint density at radius 2 is 1.59 bits per heavy atom. The first-order valence-corrected chi connectivity index (χ1v) is 14.5. The van der Waals surface area contributed by atoms with Crippen LogP contribution >= 0.6 is 7.82 Å². The monoisotopic (exact) mass is 506 g/mol. The van der Waals surface area contributed by atoms with Crippen LogP contribution in [0, 0.1) is 0 Å². The minimum atomic E-state index is -4.54. The standard InChI is InChI=1S/C25H51N2O6P/c1-6-8-10-11-12-13-14-15-17-19-25(29)26-23(24(28)18-16-9-7-2)22-33-34(30,31)32-21-20-27(3,4)5/h16,18,23-24,28H,6-15,17,19-22H2,1-5H3,(H-,26,29,30,31)/b18-16+. The number of phosphoric ester groups is 1. The number of carbonyl (C=O) groups excluding carboxylic acids is 1. The average molecular weight is 507 g/mol. The lowest BCUT2D eigenvalue weighted by atomic mass is 10.1. The van der Waals surface area contributed by atoms with Gasteiger partial charge in [-0.2, -0.15) is 0 Å². The molecule has 3 atom stereocenters. The lowest BCUT2D eigenvalue weighted by Gasteiger charge is -2.29. The van der Waals surface area contributed by atoms with E-state index in [-0.39, 0.29) is 19.1 Å². The molecule has 0 aromatic heterocycles. The van der Waals surface area contributed by atoms with E-state index in [0.29, 0.717) is 17.4 Å². The summed E-state index contributed by atoms with van der Waals surface area (Å²) in [6.07, 6.45) is 14.8. The lowest BCUT2D eigenvalue weighted by molar-refractivity contribution is -0.870. The molecule has 0 heterocycles. The first-order chi connectivity index (χ1) is 16.0. The van der Waals surface area contributed by atoms with Crippen LogP contribution in [0.3, 0.4) is 0 Å². The summed E-state index contributed by atoms with van der Waals surface area (Å²) in [5, 5.41) is 13.2. The Balaban J connectivity index is 4.53. The van der Waals surface area contributed by atoms with Gasteiger partial charge in [-0.05, 0) is 12.8 Å². The van der Waals surface area contributed by atoms with Gasteiger partial charge in [-0.1, -0.05) is 83.8 Å². The molecule has 2 N–H and O–H groups in total. The van der Waals surface area contributed by atoms with Crippen LogP contribution in [0.25, 0.3) is 0 Å². The van der Waals surface area contributed by atoms with Crippen LogP contribution in [-0.2, 0) is 18.4 Å². The van der Waals surface area contributed by atoms with Crippen LogP contribution in [0.4, 0.5) is 0 Å². The number of likely N-dealkylation sites (N-methyl/N-ethyl adjacent to an activating group) is 1. The second kappa shape index (κ2) is 19.4. The lowest BCUT2D eigenvalue weighted by Crippen LogP contribution is -2.45. The molecule has 0 radical (unpaired) electrons. The molecule has 1 amide bonds. The number of amides is 1. The van der Waals surface area contributed by atoms with Gasteiger partial charge < -0.3 is 28.8 Å². The molecule has 202 valence electrons. The molecule has 0 rings (SSSR count). The summed E-state index contributed by atoms with van der Waals surface area (Å²) in [4.78, 5) is 24.5. The molecule has 0 saturated heterocycles. The number of carbonyl (C=O) groups is 1. The number of aliphatic hydroxyl groups is 1. The molecule has 0 saturated carbocycles. The van der Waals surface area contributed by atoms with Crippen molar-refractivity contribution in [3.63, 3.8) is 0 Å². The van der Waals surface area contributed by atoms with Gasteiger partial charge in [0.15, 0.2) is 0 Å². The Labute approximate surface area is 208 Å². The molecule has 0 aliphatic heterocycles. The number of allylic oxidation sites excluding steroid dienone is 1. The van der Waals surface area contributed by atoms with Crippen LogP contribution in [0.1, 0.15) is 90.9 Å². The van der Waals surface area contributed by atoms with Crippen molar-refractivity contribution in [1.29, 1.82) is 0 Å². The van der Waals surface area contributed by atoms with Gasteiger partial charge in [0.05, 0.1) is 39.9 Å². The van der Waals surface area contributed by atoms with Crippen molar-refractivity contribution in [3.8, 4) is 0 Å². The van der Waals surface area contributed by atoms with Crippen molar-refractivity contribution in [1.82, 2.24) is 5.32 Å². The number of nitrogens with zero attached hydrogens (tertiary/aromatic N) is 1. The van der Waals surface area contributed by atoms with E-state index in [4.69, 9.17) is 9.05 Å². The number of hydrogen-bond donors (Lipinski definition) is 2. The highest BCUT2D eigenvalue weighted by molar-refractivity contribution is 7.45. The fourth-order valence-corrected chi connectivity index (χ4v) is 4.00. The van der Waals surface area contributed by atoms with Crippen molar-refractivity contribution < 1.29 is 32.9 Å². The largest absolute Gasteiger partial charge is 0.756 e. The fourth-order valence-electron chi connectivity index (χ4n) is 3.27. The van der Waals surface area contributed by atoms with Crippen LogP contribution in [0.5, 0.6) is 0 Å². The molecule has 3 unspecified atom stereocenters. The zero-order valence-corrected chi connectivity index (χ0v) is 23.2. The summed E-state index contributed by atoms with van der Waals surface area (Å²) in [5.41, 5.74) is 0. The number of quaternary nitrogens is 1. The Morgan fingerprint density at radius 3 is 2.15 bits per heavy atom. The number of hydrogen-bond acceptors (Lipinski definition) is 6. The summed E-state index contributed by atoms with van der Waals surface area (Å²) in [5.74, 6) is -0.217. The Hall–Kier alpha value is -0.760. The number of phosphoric acid groups is 1. The van der Waals surface area contributed by atoms with Gasteiger partial charge in [-0.15, -0.1) is 0 Å². The van der Waals surface area contributed by atoms with Crippen molar-refractivity contribution in [3.05, 3.63) is 12.2 Å². The molecular formula is C25H51N2O6P. The molecule has 34 heavy (non-hydrogen) atoms. The normalized spacial score (nSPS) is 15.9. The fraction of sp³-hybridized carbons (Fsp3) is 0.880. The van der Waals surface area contributed by atoms with Gasteiger partial charge in [0.2, 0.25) is 5.91 Å². The number of rotatable bonds is 22. The maximum atomic E-state index is 12.4. The maximum Gasteiger partial charge on any atom is 0.268 e. The van der Waals surface area contributed by atoms with Crippen LogP contribution in [0.15, 0.2) is 12.2 Å². The summed E-state index contributed by atoms with van der Waals surface area (Å²) >= 11 is 0. The van der Waals surface area contributed by atoms with Gasteiger partial charge >= 0.3 is 0 Å². The summed E-state index contributed by atoms with van der Waals surface area (Å²) in [7, 11) is 1.25. The molecule has 9 heteroatoms. The van der Waals surface area contributed by atoms with Gasteiger partial charge in [0.25, 0.3) is 7.82 Å². The predicted molar refractivity (Wildman–Crippen MR) is 136 cm³/mol. The third kappa shape index (κ3) is 20.6. The van der Waals surface area contributed by atoms with Gasteiger partial charge in [-0.3, -0.25) is 9.36 Å². The molecule has 0 aromatic rings. The highest BCUT2D eigenvalue weighted by Gasteiger charge is 2.23. The highest BCUT2D eigenvalue weighted by atomic mass is 31.2. The van der Waals surface area contributed by atoms with E-state index in [1.807, 2.05) is 34.1 Å². The molecule has 0 aromatic carbocycles. The van der Waals surface area contributed by atoms with Crippen LogP contribution in [-0.4, -0.2) is 68.5 Å². The summed E-state index contributed by atoms with van der Waals surface area (Å²) in [6.45, 7) is 4.34. The smallest absolute Gasteiger partial charge is 0.268 e. The van der Waals surface area contributed by atoms with Crippen LogP contribution in [0.2, 0.25) is 0 Å². The van der Waals surface area contributed by atoms with Gasteiger partial charge in [-0.25, -0.2) is 0 Å².